The number of pyridine rings is 1. The lowest BCUT2D eigenvalue weighted by Crippen LogP contribution is -2.22. The number of imidazole rings is 2. The maximum atomic E-state index is 6.15. The molecule has 2 aromatic carbocycles. The van der Waals surface area contributed by atoms with Crippen LogP contribution in [0.1, 0.15) is 0 Å². The number of fused-ring (bicyclic) bond motifs is 2. The normalized spacial score (nSPS) is 11.5. The standard InChI is InChI=1S/C21H15Cl2N4S/c1-28-21-19(20-24-16-10-7-14(23)12-17(16)25-20)26-11-3-2-4-18(26)27(21)15-8-5-13(22)6-9-15/h2-12H,1H3,(H,24,25)/q+1. The molecule has 138 valence electrons. The number of H-pyrrole nitrogens is 1. The van der Waals surface area contributed by atoms with Gasteiger partial charge in [-0.25, -0.2) is 4.98 Å². The summed E-state index contributed by atoms with van der Waals surface area (Å²) in [6.07, 6.45) is 4.13. The number of nitrogens with one attached hydrogen (secondary N) is 1. The van der Waals surface area contributed by atoms with Gasteiger partial charge < -0.3 is 4.98 Å². The number of halogens is 2. The lowest BCUT2D eigenvalue weighted by atomic mass is 10.3. The Labute approximate surface area is 175 Å². The summed E-state index contributed by atoms with van der Waals surface area (Å²) in [4.78, 5) is 8.25. The van der Waals surface area contributed by atoms with Crippen molar-refractivity contribution < 1.29 is 4.40 Å². The molecule has 0 bridgehead atoms. The summed E-state index contributed by atoms with van der Waals surface area (Å²) in [5.41, 5.74) is 4.89. The zero-order valence-electron chi connectivity index (χ0n) is 14.9. The van der Waals surface area contributed by atoms with Gasteiger partial charge in [0.15, 0.2) is 5.82 Å². The number of aromatic nitrogens is 4. The van der Waals surface area contributed by atoms with Gasteiger partial charge in [-0.2, -0.15) is 8.97 Å². The molecule has 7 heteroatoms. The Morgan fingerprint density at radius 3 is 2.57 bits per heavy atom. The largest absolute Gasteiger partial charge is 0.335 e. The van der Waals surface area contributed by atoms with Crippen molar-refractivity contribution in [3.05, 3.63) is 76.9 Å². The van der Waals surface area contributed by atoms with Crippen molar-refractivity contribution in [1.29, 1.82) is 0 Å². The fourth-order valence-corrected chi connectivity index (χ4v) is 4.52. The lowest BCUT2D eigenvalue weighted by molar-refractivity contribution is -0.499. The summed E-state index contributed by atoms with van der Waals surface area (Å²) < 4.78 is 4.37. The third-order valence-electron chi connectivity index (χ3n) is 4.66. The van der Waals surface area contributed by atoms with E-state index in [-0.39, 0.29) is 0 Å². The van der Waals surface area contributed by atoms with Crippen LogP contribution in [-0.4, -0.2) is 20.8 Å². The van der Waals surface area contributed by atoms with Crippen LogP contribution in [0.2, 0.25) is 10.0 Å². The van der Waals surface area contributed by atoms with Gasteiger partial charge >= 0.3 is 0 Å². The third kappa shape index (κ3) is 2.78. The van der Waals surface area contributed by atoms with E-state index in [1.165, 1.54) is 0 Å². The van der Waals surface area contributed by atoms with Gasteiger partial charge in [0.25, 0.3) is 5.65 Å². The average molecular weight is 426 g/mol. The van der Waals surface area contributed by atoms with E-state index >= 15 is 0 Å². The SMILES string of the molecule is CSc1c(-c2nc3ccc(Cl)cc3[nH]2)[n+]2ccccc2n1-c1ccc(Cl)cc1. The second kappa shape index (κ2) is 6.85. The van der Waals surface area contributed by atoms with Crippen molar-refractivity contribution >= 4 is 51.6 Å². The molecule has 3 heterocycles. The van der Waals surface area contributed by atoms with Gasteiger partial charge in [-0.1, -0.05) is 41.0 Å². The van der Waals surface area contributed by atoms with Crippen molar-refractivity contribution in [3.63, 3.8) is 0 Å². The number of rotatable bonds is 3. The monoisotopic (exact) mass is 425 g/mol. The van der Waals surface area contributed by atoms with E-state index < -0.39 is 0 Å². The number of thioether (sulfide) groups is 1. The van der Waals surface area contributed by atoms with Crippen LogP contribution in [0.3, 0.4) is 0 Å². The summed E-state index contributed by atoms with van der Waals surface area (Å²) in [6, 6.07) is 19.7. The first-order chi connectivity index (χ1) is 13.7. The molecule has 0 spiro atoms. The second-order valence-electron chi connectivity index (χ2n) is 6.35. The van der Waals surface area contributed by atoms with Gasteiger partial charge in [0.2, 0.25) is 10.7 Å². The Morgan fingerprint density at radius 2 is 1.79 bits per heavy atom. The third-order valence-corrected chi connectivity index (χ3v) is 5.91. The maximum absolute atomic E-state index is 6.15. The highest BCUT2D eigenvalue weighted by molar-refractivity contribution is 7.98. The molecule has 3 aromatic heterocycles. The van der Waals surface area contributed by atoms with Crippen LogP contribution in [-0.2, 0) is 0 Å². The van der Waals surface area contributed by atoms with Crippen LogP contribution >= 0.6 is 35.0 Å². The van der Waals surface area contributed by atoms with E-state index in [4.69, 9.17) is 28.2 Å². The molecule has 0 amide bonds. The Bertz CT molecular complexity index is 1320. The fourth-order valence-electron chi connectivity index (χ4n) is 3.46. The van der Waals surface area contributed by atoms with Crippen LogP contribution in [0.4, 0.5) is 0 Å². The molecule has 0 saturated carbocycles. The molecule has 5 aromatic rings. The first-order valence-electron chi connectivity index (χ1n) is 8.66. The average Bonchev–Trinajstić information content (AvgIpc) is 3.26. The predicted molar refractivity (Wildman–Crippen MR) is 116 cm³/mol. The van der Waals surface area contributed by atoms with E-state index in [9.17, 15) is 0 Å². The van der Waals surface area contributed by atoms with E-state index in [0.717, 1.165) is 38.9 Å². The molecule has 28 heavy (non-hydrogen) atoms. The molecule has 4 nitrogen and oxygen atoms in total. The summed E-state index contributed by atoms with van der Waals surface area (Å²) in [6.45, 7) is 0. The molecule has 0 atom stereocenters. The number of hydrogen-bond acceptors (Lipinski definition) is 2. The lowest BCUT2D eigenvalue weighted by Gasteiger charge is -2.01. The number of aromatic amines is 1. The van der Waals surface area contributed by atoms with Gasteiger partial charge in [0.1, 0.15) is 5.69 Å². The van der Waals surface area contributed by atoms with Gasteiger partial charge in [-0.15, -0.1) is 0 Å². The van der Waals surface area contributed by atoms with E-state index in [1.54, 1.807) is 11.8 Å². The molecule has 0 aliphatic carbocycles. The molecule has 0 aliphatic rings. The number of nitrogens with zero attached hydrogens (tertiary/aromatic N) is 3. The highest BCUT2D eigenvalue weighted by atomic mass is 35.5. The molecule has 5 rings (SSSR count). The van der Waals surface area contributed by atoms with Crippen LogP contribution in [0.15, 0.2) is 71.9 Å². The minimum atomic E-state index is 0.684. The Morgan fingerprint density at radius 1 is 1.00 bits per heavy atom. The summed E-state index contributed by atoms with van der Waals surface area (Å²) in [5, 5.41) is 2.48. The van der Waals surface area contributed by atoms with Crippen molar-refractivity contribution in [1.82, 2.24) is 14.5 Å². The van der Waals surface area contributed by atoms with Crippen LogP contribution < -0.4 is 4.40 Å². The molecular weight excluding hydrogens is 411 g/mol. The van der Waals surface area contributed by atoms with Crippen molar-refractivity contribution in [2.24, 2.45) is 0 Å². The Kier molecular flexibility index (Phi) is 4.31. The zero-order chi connectivity index (χ0) is 19.3. The molecule has 0 aliphatic heterocycles. The highest BCUT2D eigenvalue weighted by Crippen LogP contribution is 2.32. The van der Waals surface area contributed by atoms with Gasteiger partial charge in [0.05, 0.1) is 17.2 Å². The van der Waals surface area contributed by atoms with Crippen LogP contribution in [0, 0.1) is 0 Å². The topological polar surface area (TPSA) is 37.7 Å². The smallest absolute Gasteiger partial charge is 0.292 e. The molecule has 0 saturated heterocycles. The fraction of sp³-hybridized carbons (Fsp3) is 0.0476. The zero-order valence-corrected chi connectivity index (χ0v) is 17.2. The second-order valence-corrected chi connectivity index (χ2v) is 8.01. The predicted octanol–water partition coefficient (Wildman–Crippen LogP) is 5.79. The molecule has 0 fully saturated rings. The molecule has 0 unspecified atom stereocenters. The van der Waals surface area contributed by atoms with E-state index in [0.29, 0.717) is 10.0 Å². The Balaban J connectivity index is 1.84. The van der Waals surface area contributed by atoms with Crippen LogP contribution in [0.5, 0.6) is 0 Å². The molecular formula is C21H15Cl2N4S+. The summed E-state index contributed by atoms with van der Waals surface area (Å²) in [5.74, 6) is 0.801. The van der Waals surface area contributed by atoms with E-state index in [2.05, 4.69) is 32.5 Å². The van der Waals surface area contributed by atoms with Gasteiger partial charge in [-0.3, -0.25) is 0 Å². The first-order valence-corrected chi connectivity index (χ1v) is 10.6. The maximum Gasteiger partial charge on any atom is 0.292 e. The van der Waals surface area contributed by atoms with Crippen molar-refractivity contribution in [2.75, 3.05) is 6.26 Å². The number of hydrogen-bond donors (Lipinski definition) is 1. The van der Waals surface area contributed by atoms with E-state index in [1.807, 2.05) is 54.6 Å². The van der Waals surface area contributed by atoms with Crippen LogP contribution in [0.25, 0.3) is 33.9 Å². The van der Waals surface area contributed by atoms with Crippen molar-refractivity contribution in [3.8, 4) is 17.2 Å². The molecule has 1 N–H and O–H groups in total. The minimum Gasteiger partial charge on any atom is -0.335 e. The number of benzene rings is 2. The highest BCUT2D eigenvalue weighted by Gasteiger charge is 2.29. The molecule has 0 radical (unpaired) electrons. The van der Waals surface area contributed by atoms with Gasteiger partial charge in [-0.05, 0) is 54.8 Å². The van der Waals surface area contributed by atoms with Crippen molar-refractivity contribution in [2.45, 2.75) is 5.03 Å². The van der Waals surface area contributed by atoms with Gasteiger partial charge in [0, 0.05) is 16.1 Å². The summed E-state index contributed by atoms with van der Waals surface area (Å²) in [7, 11) is 0. The quantitative estimate of drug-likeness (QED) is 0.293. The minimum absolute atomic E-state index is 0.684. The Hall–Kier alpha value is -2.47. The summed E-state index contributed by atoms with van der Waals surface area (Å²) >= 11 is 13.9. The first kappa shape index (κ1) is 17.6.